The molecule has 0 saturated carbocycles. The third kappa shape index (κ3) is 6.03. The van der Waals surface area contributed by atoms with Crippen molar-refractivity contribution in [2.45, 2.75) is 13.2 Å². The first-order chi connectivity index (χ1) is 16.4. The van der Waals surface area contributed by atoms with Crippen LogP contribution in [0.1, 0.15) is 21.5 Å². The van der Waals surface area contributed by atoms with Gasteiger partial charge in [-0.15, -0.1) is 0 Å². The van der Waals surface area contributed by atoms with Crippen molar-refractivity contribution in [3.63, 3.8) is 0 Å². The van der Waals surface area contributed by atoms with E-state index in [1.165, 1.54) is 0 Å². The van der Waals surface area contributed by atoms with Crippen LogP contribution in [0.2, 0.25) is 15.1 Å². The van der Waals surface area contributed by atoms with E-state index in [-0.39, 0.29) is 12.5 Å². The highest BCUT2D eigenvalue weighted by molar-refractivity contribution is 6.42. The highest BCUT2D eigenvalue weighted by Gasteiger charge is 2.13. The molecule has 174 valence electrons. The second-order valence-electron chi connectivity index (χ2n) is 7.37. The van der Waals surface area contributed by atoms with Gasteiger partial charge in [0.1, 0.15) is 18.1 Å². The fourth-order valence-electron chi connectivity index (χ4n) is 3.25. The zero-order valence-electron chi connectivity index (χ0n) is 18.1. The van der Waals surface area contributed by atoms with E-state index in [0.29, 0.717) is 44.5 Å². The minimum atomic E-state index is -0.296. The van der Waals surface area contributed by atoms with Crippen LogP contribution in [0.3, 0.4) is 0 Å². The molecular weight excluding hydrogens is 497 g/mol. The summed E-state index contributed by atoms with van der Waals surface area (Å²) in [6.07, 6.45) is 1.78. The monoisotopic (exact) mass is 515 g/mol. The summed E-state index contributed by atoms with van der Waals surface area (Å²) in [6.45, 7) is 0.714. The van der Waals surface area contributed by atoms with Crippen LogP contribution in [-0.4, -0.2) is 22.8 Å². The summed E-state index contributed by atoms with van der Waals surface area (Å²) in [5.74, 6) is 1.42. The Morgan fingerprint density at radius 2 is 1.76 bits per heavy atom. The van der Waals surface area contributed by atoms with E-state index < -0.39 is 0 Å². The first kappa shape index (κ1) is 24.0. The second kappa shape index (κ2) is 10.8. The van der Waals surface area contributed by atoms with Crippen molar-refractivity contribution in [1.82, 2.24) is 9.78 Å². The van der Waals surface area contributed by atoms with Crippen LogP contribution in [0.15, 0.2) is 72.9 Å². The third-order valence-corrected chi connectivity index (χ3v) is 5.95. The summed E-state index contributed by atoms with van der Waals surface area (Å²) < 4.78 is 12.9. The fraction of sp³-hybridized carbons (Fsp3) is 0.120. The van der Waals surface area contributed by atoms with Gasteiger partial charge in [0.15, 0.2) is 5.82 Å². The van der Waals surface area contributed by atoms with Crippen LogP contribution in [0, 0.1) is 0 Å². The number of amides is 1. The second-order valence-corrected chi connectivity index (χ2v) is 8.62. The van der Waals surface area contributed by atoms with Crippen LogP contribution < -0.4 is 14.8 Å². The molecule has 0 fully saturated rings. The first-order valence-electron chi connectivity index (χ1n) is 10.3. The molecule has 0 saturated heterocycles. The molecule has 0 unspecified atom stereocenters. The van der Waals surface area contributed by atoms with Crippen molar-refractivity contribution >= 4 is 46.5 Å². The molecule has 1 amide bonds. The average molecular weight is 517 g/mol. The molecule has 4 rings (SSSR count). The number of carbonyl (C=O) groups excluding carboxylic acids is 1. The number of carbonyl (C=O) groups is 1. The molecule has 9 heteroatoms. The Balaban J connectivity index is 1.43. The van der Waals surface area contributed by atoms with E-state index in [4.69, 9.17) is 44.3 Å². The molecule has 0 spiro atoms. The zero-order chi connectivity index (χ0) is 24.1. The number of methoxy groups -OCH3 is 1. The van der Waals surface area contributed by atoms with E-state index in [9.17, 15) is 4.79 Å². The highest BCUT2D eigenvalue weighted by Crippen LogP contribution is 2.25. The van der Waals surface area contributed by atoms with Gasteiger partial charge in [-0.3, -0.25) is 9.48 Å². The quantitative estimate of drug-likeness (QED) is 0.282. The molecule has 0 aliphatic carbocycles. The maximum Gasteiger partial charge on any atom is 0.256 e. The summed E-state index contributed by atoms with van der Waals surface area (Å²) in [4.78, 5) is 12.8. The number of benzene rings is 3. The molecule has 0 aliphatic heterocycles. The predicted octanol–water partition coefficient (Wildman–Crippen LogP) is 6.73. The van der Waals surface area contributed by atoms with Gasteiger partial charge in [-0.2, -0.15) is 5.10 Å². The fourth-order valence-corrected chi connectivity index (χ4v) is 3.70. The molecule has 4 aromatic rings. The van der Waals surface area contributed by atoms with E-state index in [1.807, 2.05) is 6.07 Å². The van der Waals surface area contributed by atoms with E-state index >= 15 is 0 Å². The normalized spacial score (nSPS) is 10.7. The maximum atomic E-state index is 12.8. The smallest absolute Gasteiger partial charge is 0.256 e. The van der Waals surface area contributed by atoms with Crippen molar-refractivity contribution in [2.24, 2.45) is 0 Å². The Morgan fingerprint density at radius 1 is 0.971 bits per heavy atom. The Morgan fingerprint density at radius 3 is 2.50 bits per heavy atom. The SMILES string of the molecule is COc1ccc(C(=O)Nc2ccn(Cc3ccc(Cl)c(Cl)c3)n2)cc1COc1ccc(Cl)cc1. The molecule has 0 radical (unpaired) electrons. The van der Waals surface area contributed by atoms with Crippen LogP contribution >= 0.6 is 34.8 Å². The summed E-state index contributed by atoms with van der Waals surface area (Å²) in [6, 6.07) is 19.3. The number of nitrogens with zero attached hydrogens (tertiary/aromatic N) is 2. The third-order valence-electron chi connectivity index (χ3n) is 4.96. The maximum absolute atomic E-state index is 12.8. The van der Waals surface area contributed by atoms with E-state index in [2.05, 4.69) is 10.4 Å². The Kier molecular flexibility index (Phi) is 7.63. The summed E-state index contributed by atoms with van der Waals surface area (Å²) in [5, 5.41) is 8.83. The zero-order valence-corrected chi connectivity index (χ0v) is 20.4. The number of aromatic nitrogens is 2. The lowest BCUT2D eigenvalue weighted by molar-refractivity contribution is 0.102. The van der Waals surface area contributed by atoms with Gasteiger partial charge < -0.3 is 14.8 Å². The van der Waals surface area contributed by atoms with Gasteiger partial charge in [0.2, 0.25) is 0 Å². The molecule has 1 heterocycles. The molecule has 3 aromatic carbocycles. The number of hydrogen-bond acceptors (Lipinski definition) is 4. The van der Waals surface area contributed by atoms with Gasteiger partial charge in [0.05, 0.1) is 23.7 Å². The Hall–Kier alpha value is -3.19. The van der Waals surface area contributed by atoms with Crippen molar-refractivity contribution < 1.29 is 14.3 Å². The van der Waals surface area contributed by atoms with Crippen LogP contribution in [-0.2, 0) is 13.2 Å². The molecule has 6 nitrogen and oxygen atoms in total. The minimum Gasteiger partial charge on any atom is -0.496 e. The van der Waals surface area contributed by atoms with E-state index in [1.54, 1.807) is 78.7 Å². The first-order valence-corrected chi connectivity index (χ1v) is 11.4. The molecule has 0 atom stereocenters. The van der Waals surface area contributed by atoms with Crippen LogP contribution in [0.25, 0.3) is 0 Å². The lowest BCUT2D eigenvalue weighted by Gasteiger charge is -2.12. The molecule has 1 aromatic heterocycles. The molecule has 0 aliphatic rings. The van der Waals surface area contributed by atoms with Gasteiger partial charge in [0.25, 0.3) is 5.91 Å². The summed E-state index contributed by atoms with van der Waals surface area (Å²) >= 11 is 18.0. The topological polar surface area (TPSA) is 65.4 Å². The van der Waals surface area contributed by atoms with Crippen LogP contribution in [0.4, 0.5) is 5.82 Å². The van der Waals surface area contributed by atoms with Gasteiger partial charge >= 0.3 is 0 Å². The number of ether oxygens (including phenoxy) is 2. The van der Waals surface area contributed by atoms with Crippen molar-refractivity contribution in [1.29, 1.82) is 0 Å². The van der Waals surface area contributed by atoms with Gasteiger partial charge in [-0.25, -0.2) is 0 Å². The van der Waals surface area contributed by atoms with Gasteiger partial charge in [-0.05, 0) is 60.2 Å². The molecular formula is C25H20Cl3N3O3. The number of hydrogen-bond donors (Lipinski definition) is 1. The van der Waals surface area contributed by atoms with Crippen molar-refractivity contribution in [3.05, 3.63) is 105 Å². The molecule has 0 bridgehead atoms. The average Bonchev–Trinajstić information content (AvgIpc) is 3.27. The number of nitrogens with one attached hydrogen (secondary N) is 1. The number of rotatable bonds is 8. The highest BCUT2D eigenvalue weighted by atomic mass is 35.5. The Labute approximate surface area is 212 Å². The van der Waals surface area contributed by atoms with Crippen LogP contribution in [0.5, 0.6) is 11.5 Å². The molecule has 34 heavy (non-hydrogen) atoms. The summed E-state index contributed by atoms with van der Waals surface area (Å²) in [5.41, 5.74) is 2.13. The predicted molar refractivity (Wildman–Crippen MR) is 135 cm³/mol. The minimum absolute atomic E-state index is 0.226. The van der Waals surface area contributed by atoms with Crippen molar-refractivity contribution in [2.75, 3.05) is 12.4 Å². The largest absolute Gasteiger partial charge is 0.496 e. The lowest BCUT2D eigenvalue weighted by atomic mass is 10.1. The summed E-state index contributed by atoms with van der Waals surface area (Å²) in [7, 11) is 1.57. The standard InChI is InChI=1S/C25H20Cl3N3O3/c1-33-23-9-3-17(13-18(23)15-34-20-6-4-19(26)5-7-20)25(32)29-24-10-11-31(30-24)14-16-2-8-21(27)22(28)12-16/h2-13H,14-15H2,1H3,(H,29,30,32). The Bertz CT molecular complexity index is 1310. The van der Waals surface area contributed by atoms with Gasteiger partial charge in [0, 0.05) is 28.4 Å². The van der Waals surface area contributed by atoms with E-state index in [0.717, 1.165) is 11.1 Å². The number of halogens is 3. The van der Waals surface area contributed by atoms with Gasteiger partial charge in [-0.1, -0.05) is 40.9 Å². The molecule has 1 N–H and O–H groups in total. The lowest BCUT2D eigenvalue weighted by Crippen LogP contribution is -2.14. The van der Waals surface area contributed by atoms with Crippen molar-refractivity contribution in [3.8, 4) is 11.5 Å². The number of anilines is 1.